The Kier molecular flexibility index (Phi) is 12.1. The smallest absolute Gasteiger partial charge is 0.307 e. The molecule has 4 aromatic rings. The molecule has 1 aromatic heterocycles. The molecule has 4 bridgehead atoms. The highest BCUT2D eigenvalue weighted by Crippen LogP contribution is 2.42. The predicted octanol–water partition coefficient (Wildman–Crippen LogP) is 4.27. The summed E-state index contributed by atoms with van der Waals surface area (Å²) in [5.74, 6) is -6.16. The maximum absolute atomic E-state index is 14.8. The van der Waals surface area contributed by atoms with Crippen molar-refractivity contribution < 1.29 is 49.0 Å². The van der Waals surface area contributed by atoms with E-state index < -0.39 is 82.1 Å². The summed E-state index contributed by atoms with van der Waals surface area (Å²) in [7, 11) is 1.45. The molecular formula is C48H58N4O12. The van der Waals surface area contributed by atoms with Crippen molar-refractivity contribution in [1.29, 1.82) is 0 Å². The van der Waals surface area contributed by atoms with E-state index in [0.29, 0.717) is 18.3 Å². The number of nitrogens with zero attached hydrogens (tertiary/aromatic N) is 3. The van der Waals surface area contributed by atoms with Gasteiger partial charge in [-0.05, 0) is 39.3 Å². The summed E-state index contributed by atoms with van der Waals surface area (Å²) in [6.07, 6.45) is 5.69. The Bertz CT molecular complexity index is 2800. The number of aromatic hydroxyl groups is 1. The number of amides is 1. The molecule has 0 saturated carbocycles. The second-order valence-corrected chi connectivity index (χ2v) is 18.2. The number of benzene rings is 3. The van der Waals surface area contributed by atoms with Crippen LogP contribution in [0.5, 0.6) is 11.5 Å². The first-order chi connectivity index (χ1) is 30.4. The Morgan fingerprint density at radius 2 is 1.62 bits per heavy atom. The third kappa shape index (κ3) is 7.58. The second kappa shape index (κ2) is 17.1. The van der Waals surface area contributed by atoms with Crippen molar-refractivity contribution in [3.05, 3.63) is 79.5 Å². The quantitative estimate of drug-likeness (QED) is 0.122. The highest BCUT2D eigenvalue weighted by Gasteiger charge is 2.44. The molecule has 10 atom stereocenters. The van der Waals surface area contributed by atoms with Crippen LogP contribution in [0.1, 0.15) is 59.9 Å². The molecule has 4 aliphatic rings. The summed E-state index contributed by atoms with van der Waals surface area (Å²) >= 11 is 0. The molecule has 2 fully saturated rings. The van der Waals surface area contributed by atoms with Crippen molar-refractivity contribution in [3.8, 4) is 11.5 Å². The van der Waals surface area contributed by atoms with Gasteiger partial charge in [-0.1, -0.05) is 45.9 Å². The number of rotatable bonds is 2. The Morgan fingerprint density at radius 3 is 2.36 bits per heavy atom. The number of hydrogen-bond donors (Lipinski definition) is 6. The van der Waals surface area contributed by atoms with Gasteiger partial charge >= 0.3 is 5.79 Å². The summed E-state index contributed by atoms with van der Waals surface area (Å²) in [5, 5.41) is 60.2. The maximum Gasteiger partial charge on any atom is 0.307 e. The molecule has 3 aromatic carbocycles. The molecule has 2 saturated heterocycles. The van der Waals surface area contributed by atoms with Crippen LogP contribution in [0.15, 0.2) is 62.3 Å². The van der Waals surface area contributed by atoms with E-state index in [-0.39, 0.29) is 60.8 Å². The maximum atomic E-state index is 14.8. The molecule has 5 heterocycles. The fourth-order valence-corrected chi connectivity index (χ4v) is 9.89. The van der Waals surface area contributed by atoms with Crippen LogP contribution >= 0.6 is 0 Å². The van der Waals surface area contributed by atoms with Crippen LogP contribution in [0, 0.1) is 30.6 Å². The summed E-state index contributed by atoms with van der Waals surface area (Å²) < 4.78 is 24.6. The topological polar surface area (TPSA) is 225 Å². The first-order valence-corrected chi connectivity index (χ1v) is 22.0. The van der Waals surface area contributed by atoms with Crippen LogP contribution in [0.4, 0.5) is 11.4 Å². The second-order valence-electron chi connectivity index (χ2n) is 18.2. The summed E-state index contributed by atoms with van der Waals surface area (Å²) in [6.45, 7) is 14.7. The van der Waals surface area contributed by atoms with Crippen molar-refractivity contribution in [2.45, 2.75) is 97.6 Å². The highest BCUT2D eigenvalue weighted by molar-refractivity contribution is 6.16. The zero-order valence-corrected chi connectivity index (χ0v) is 37.4. The molecule has 16 heteroatoms. The largest absolute Gasteiger partial charge is 0.507 e. The van der Waals surface area contributed by atoms with E-state index in [0.717, 1.165) is 32.5 Å². The number of carbonyl (C=O) groups is 1. The molecule has 0 radical (unpaired) electrons. The number of fused-ring (bicyclic) bond motifs is 3. The van der Waals surface area contributed by atoms with Crippen LogP contribution in [-0.2, 0) is 14.3 Å². The number of nitrogens with one attached hydrogen (secondary N) is 1. The third-order valence-corrected chi connectivity index (χ3v) is 14.1. The first kappa shape index (κ1) is 45.1. The number of allylic oxidation sites excluding steroid dienone is 2. The minimum absolute atomic E-state index is 0.0296. The van der Waals surface area contributed by atoms with E-state index in [9.17, 15) is 39.9 Å². The molecular weight excluding hydrogens is 825 g/mol. The number of methoxy groups -OCH3 is 1. The minimum atomic E-state index is -1.95. The predicted molar refractivity (Wildman–Crippen MR) is 242 cm³/mol. The van der Waals surface area contributed by atoms with E-state index in [1.807, 2.05) is 0 Å². The zero-order valence-electron chi connectivity index (χ0n) is 37.4. The van der Waals surface area contributed by atoms with Crippen molar-refractivity contribution in [3.63, 3.8) is 0 Å². The van der Waals surface area contributed by atoms with Gasteiger partial charge in [-0.25, -0.2) is 4.98 Å². The Labute approximate surface area is 369 Å². The normalized spacial score (nSPS) is 32.6. The SMILES string of the molecule is CO[C@H]1/C=C/O[C@@]2(C)Oc3c(C)c(O)c4c(=O)c(c5oc6cc(N7CCN8CCC[C@@H]8C7)cc(=O)c6nc5c4c3=C2O)NC(=O)/C(C)=C\C=C\[C@H](C)[C@H](O)[C@@H](C)[C@@H](O)[C@@H](C)[C@H](O)[C@@H]1C. The van der Waals surface area contributed by atoms with Gasteiger partial charge < -0.3 is 54.4 Å². The Morgan fingerprint density at radius 1 is 0.906 bits per heavy atom. The molecule has 16 nitrogen and oxygen atoms in total. The summed E-state index contributed by atoms with van der Waals surface area (Å²) in [5.41, 5.74) is -1.15. The van der Waals surface area contributed by atoms with E-state index in [1.165, 1.54) is 52.4 Å². The lowest BCUT2D eigenvalue weighted by molar-refractivity contribution is -0.112. The molecule has 0 aliphatic carbocycles. The van der Waals surface area contributed by atoms with Crippen LogP contribution < -0.4 is 31.0 Å². The lowest BCUT2D eigenvalue weighted by atomic mass is 9.78. The van der Waals surface area contributed by atoms with Crippen LogP contribution in [-0.4, -0.2) is 111 Å². The molecule has 64 heavy (non-hydrogen) atoms. The monoisotopic (exact) mass is 882 g/mol. The summed E-state index contributed by atoms with van der Waals surface area (Å²) in [6, 6.07) is 3.57. The van der Waals surface area contributed by atoms with E-state index in [1.54, 1.807) is 45.9 Å². The Hall–Kier alpha value is -5.52. The highest BCUT2D eigenvalue weighted by atomic mass is 16.7. The van der Waals surface area contributed by atoms with Gasteiger partial charge in [-0.2, -0.15) is 0 Å². The van der Waals surface area contributed by atoms with Crippen molar-refractivity contribution in [2.24, 2.45) is 23.7 Å². The number of aliphatic hydroxyl groups is 4. The van der Waals surface area contributed by atoms with Crippen molar-refractivity contribution in [2.75, 3.05) is 43.5 Å². The van der Waals surface area contributed by atoms with Gasteiger partial charge in [0.15, 0.2) is 22.4 Å². The molecule has 4 aliphatic heterocycles. The minimum Gasteiger partial charge on any atom is -0.507 e. The molecule has 8 rings (SSSR count). The van der Waals surface area contributed by atoms with E-state index in [4.69, 9.17) is 23.6 Å². The van der Waals surface area contributed by atoms with Gasteiger partial charge in [-0.15, -0.1) is 0 Å². The molecule has 6 N–H and O–H groups in total. The van der Waals surface area contributed by atoms with Crippen LogP contribution in [0.25, 0.3) is 38.7 Å². The lowest BCUT2D eigenvalue weighted by Gasteiger charge is -2.38. The summed E-state index contributed by atoms with van der Waals surface area (Å²) in [4.78, 5) is 52.2. The number of aliphatic hydroxyl groups excluding tert-OH is 4. The number of anilines is 2. The number of phenolic OH excluding ortho intramolecular Hbond substituents is 1. The number of ether oxygens (including phenoxy) is 3. The number of phenols is 1. The van der Waals surface area contributed by atoms with Gasteiger partial charge in [0.25, 0.3) is 5.91 Å². The Balaban J connectivity index is 1.35. The number of piperazine rings is 1. The number of hydrogen-bond acceptors (Lipinski definition) is 15. The van der Waals surface area contributed by atoms with Crippen LogP contribution in [0.2, 0.25) is 0 Å². The van der Waals surface area contributed by atoms with Crippen LogP contribution in [0.3, 0.4) is 0 Å². The molecule has 1 amide bonds. The van der Waals surface area contributed by atoms with Crippen molar-refractivity contribution in [1.82, 2.24) is 9.88 Å². The van der Waals surface area contributed by atoms with E-state index >= 15 is 0 Å². The molecule has 0 unspecified atom stereocenters. The van der Waals surface area contributed by atoms with Gasteiger partial charge in [0, 0.05) is 97.7 Å². The standard InChI is InChI=1S/C48H58N4O12/c1-22-11-9-12-23(2)47(60)50-38-43(58)34-33(37-45(38)63-32-20-29(19-30(53)36(32)49-37)52-17-16-51-15-10-13-28(51)21-52)35-44(27(6)42(34)57)64-48(7,46(35)59)62-18-14-31(61-8)24(3)40(55)26(5)41(56)25(4)39(22)54/h9,11-12,14,18-20,22,24-26,28,31,39-41,54-57,59H,10,13,15-17,21H2,1-8H3,(H,50,60)/b11-9+,18-14+,23-12-/t22-,24+,25+,26-,28+,31-,39-,40+,41+,48-/m0/s1. The number of carbonyl (C=O) groups excluding carboxylic acids is 1. The fourth-order valence-electron chi connectivity index (χ4n) is 9.89. The van der Waals surface area contributed by atoms with Gasteiger partial charge in [-0.3, -0.25) is 19.3 Å². The van der Waals surface area contributed by atoms with Gasteiger partial charge in [0.2, 0.25) is 10.9 Å². The fraction of sp³-hybridized carbons (Fsp3) is 0.500. The van der Waals surface area contributed by atoms with Crippen molar-refractivity contribution >= 4 is 56.0 Å². The molecule has 342 valence electrons. The first-order valence-electron chi connectivity index (χ1n) is 22.0. The zero-order chi connectivity index (χ0) is 46.1. The average Bonchev–Trinajstić information content (AvgIpc) is 3.86. The van der Waals surface area contributed by atoms with E-state index in [2.05, 4.69) is 15.1 Å². The van der Waals surface area contributed by atoms with Gasteiger partial charge in [0.1, 0.15) is 22.7 Å². The average molecular weight is 883 g/mol. The van der Waals surface area contributed by atoms with Gasteiger partial charge in [0.05, 0.1) is 41.3 Å². The third-order valence-electron chi connectivity index (χ3n) is 14.1. The number of aromatic nitrogens is 1. The molecule has 0 spiro atoms. The lowest BCUT2D eigenvalue weighted by Crippen LogP contribution is -2.50.